The Bertz CT molecular complexity index is 142. The lowest BCUT2D eigenvalue weighted by Gasteiger charge is -1.98. The topological polar surface area (TPSA) is 0 Å². The maximum Gasteiger partial charge on any atom is -0.0348 e. The van der Waals surface area contributed by atoms with Crippen LogP contribution in [0.4, 0.5) is 0 Å². The average molecular weight is 193 g/mol. The lowest BCUT2D eigenvalue weighted by Crippen LogP contribution is -1.78. The lowest BCUT2D eigenvalue weighted by atomic mass is 10.1. The molecule has 0 aliphatic rings. The summed E-state index contributed by atoms with van der Waals surface area (Å²) in [5.74, 6) is 0. The van der Waals surface area contributed by atoms with Crippen molar-refractivity contribution in [3.63, 3.8) is 0 Å². The lowest BCUT2D eigenvalue weighted by molar-refractivity contribution is 0.599. The van der Waals surface area contributed by atoms with E-state index < -0.39 is 0 Å². The fourth-order valence-electron chi connectivity index (χ4n) is 1.43. The molecule has 0 aliphatic carbocycles. The first-order chi connectivity index (χ1) is 6.91. The van der Waals surface area contributed by atoms with Gasteiger partial charge in [-0.1, -0.05) is 69.8 Å². The molecule has 14 heavy (non-hydrogen) atoms. The van der Waals surface area contributed by atoms with Gasteiger partial charge in [-0.2, -0.15) is 0 Å². The van der Waals surface area contributed by atoms with E-state index in [0.717, 1.165) is 6.42 Å². The van der Waals surface area contributed by atoms with Crippen molar-refractivity contribution in [2.75, 3.05) is 0 Å². The van der Waals surface area contributed by atoms with E-state index in [9.17, 15) is 0 Å². The van der Waals surface area contributed by atoms with Crippen LogP contribution in [0.5, 0.6) is 0 Å². The zero-order chi connectivity index (χ0) is 10.5. The molecule has 0 heterocycles. The van der Waals surface area contributed by atoms with Gasteiger partial charge in [-0.05, 0) is 19.8 Å². The molecular weight excluding hydrogens is 168 g/mol. The molecule has 1 radical (unpaired) electrons. The standard InChI is InChI=1S/C14H25/c1-3-5-7-9-11-13-14-12-10-8-6-4-2/h4,6,8,10H,1,3,5,7,9,11-14H2,2H3/b6-4+,10-8+. The van der Waals surface area contributed by atoms with Crippen LogP contribution >= 0.6 is 0 Å². The third-order valence-electron chi connectivity index (χ3n) is 2.31. The minimum atomic E-state index is 1.10. The van der Waals surface area contributed by atoms with E-state index in [1.165, 1.54) is 44.9 Å². The fourth-order valence-corrected chi connectivity index (χ4v) is 1.43. The maximum absolute atomic E-state index is 3.85. The highest BCUT2D eigenvalue weighted by Gasteiger charge is 1.88. The van der Waals surface area contributed by atoms with Gasteiger partial charge in [-0.3, -0.25) is 0 Å². The molecule has 0 amide bonds. The van der Waals surface area contributed by atoms with Crippen LogP contribution in [0.2, 0.25) is 0 Å². The molecule has 0 unspecified atom stereocenters. The van der Waals surface area contributed by atoms with Crippen molar-refractivity contribution in [2.45, 2.75) is 58.3 Å². The monoisotopic (exact) mass is 193 g/mol. The second-order valence-electron chi connectivity index (χ2n) is 3.72. The molecule has 0 atom stereocenters. The van der Waals surface area contributed by atoms with E-state index >= 15 is 0 Å². The van der Waals surface area contributed by atoms with Gasteiger partial charge in [0.15, 0.2) is 0 Å². The van der Waals surface area contributed by atoms with Crippen molar-refractivity contribution in [3.8, 4) is 0 Å². The van der Waals surface area contributed by atoms with Gasteiger partial charge in [0.05, 0.1) is 0 Å². The molecule has 0 spiro atoms. The molecule has 0 aromatic rings. The van der Waals surface area contributed by atoms with Crippen molar-refractivity contribution in [2.24, 2.45) is 0 Å². The Morgan fingerprint density at radius 3 is 2.14 bits per heavy atom. The van der Waals surface area contributed by atoms with Gasteiger partial charge in [0.2, 0.25) is 0 Å². The van der Waals surface area contributed by atoms with E-state index in [1.807, 2.05) is 6.92 Å². The molecule has 0 aromatic heterocycles. The molecule has 0 rings (SSSR count). The van der Waals surface area contributed by atoms with Gasteiger partial charge in [-0.25, -0.2) is 0 Å². The third kappa shape index (κ3) is 11.5. The van der Waals surface area contributed by atoms with Crippen molar-refractivity contribution in [1.29, 1.82) is 0 Å². The zero-order valence-corrected chi connectivity index (χ0v) is 9.67. The van der Waals surface area contributed by atoms with Crippen LogP contribution in [0, 0.1) is 6.92 Å². The average Bonchev–Trinajstić information content (AvgIpc) is 2.21. The number of hydrogen-bond acceptors (Lipinski definition) is 0. The summed E-state index contributed by atoms with van der Waals surface area (Å²) in [6, 6.07) is 0. The number of hydrogen-bond donors (Lipinski definition) is 0. The molecular formula is C14H25. The summed E-state index contributed by atoms with van der Waals surface area (Å²) in [6.45, 7) is 5.89. The summed E-state index contributed by atoms with van der Waals surface area (Å²) < 4.78 is 0. The molecule has 81 valence electrons. The van der Waals surface area contributed by atoms with Crippen LogP contribution < -0.4 is 0 Å². The highest BCUT2D eigenvalue weighted by molar-refractivity contribution is 5.00. The maximum atomic E-state index is 3.85. The molecule has 0 nitrogen and oxygen atoms in total. The Hall–Kier alpha value is -0.520. The van der Waals surface area contributed by atoms with Crippen LogP contribution in [0.3, 0.4) is 0 Å². The summed E-state index contributed by atoms with van der Waals surface area (Å²) in [6.07, 6.45) is 19.1. The minimum absolute atomic E-state index is 1.10. The zero-order valence-electron chi connectivity index (χ0n) is 9.67. The highest BCUT2D eigenvalue weighted by atomic mass is 13.9. The summed E-state index contributed by atoms with van der Waals surface area (Å²) >= 11 is 0. The predicted octanol–water partition coefficient (Wildman–Crippen LogP) is 5.07. The largest absolute Gasteiger partial charge is 0.0877 e. The van der Waals surface area contributed by atoms with Crippen molar-refractivity contribution in [3.05, 3.63) is 31.2 Å². The molecule has 0 aromatic carbocycles. The number of rotatable bonds is 9. The van der Waals surface area contributed by atoms with Crippen molar-refractivity contribution < 1.29 is 0 Å². The summed E-state index contributed by atoms with van der Waals surface area (Å²) in [4.78, 5) is 0. The van der Waals surface area contributed by atoms with Crippen LogP contribution in [0.25, 0.3) is 0 Å². The van der Waals surface area contributed by atoms with Crippen LogP contribution in [-0.2, 0) is 0 Å². The molecule has 0 bridgehead atoms. The first-order valence-corrected chi connectivity index (χ1v) is 5.99. The number of allylic oxidation sites excluding steroid dienone is 4. The molecule has 0 heteroatoms. The van der Waals surface area contributed by atoms with Gasteiger partial charge in [0, 0.05) is 0 Å². The third-order valence-corrected chi connectivity index (χ3v) is 2.31. The number of unbranched alkanes of at least 4 members (excludes halogenated alkanes) is 7. The van der Waals surface area contributed by atoms with Gasteiger partial charge in [0.25, 0.3) is 0 Å². The highest BCUT2D eigenvalue weighted by Crippen LogP contribution is 2.08. The Morgan fingerprint density at radius 2 is 1.50 bits per heavy atom. The Labute approximate surface area is 90.1 Å². The van der Waals surface area contributed by atoms with Gasteiger partial charge in [0.1, 0.15) is 0 Å². The Morgan fingerprint density at radius 1 is 0.857 bits per heavy atom. The Kier molecular flexibility index (Phi) is 12.0. The van der Waals surface area contributed by atoms with Gasteiger partial charge < -0.3 is 0 Å². The fraction of sp³-hybridized carbons (Fsp3) is 0.643. The van der Waals surface area contributed by atoms with Crippen molar-refractivity contribution >= 4 is 0 Å². The predicted molar refractivity (Wildman–Crippen MR) is 66.2 cm³/mol. The molecule has 0 N–H and O–H groups in total. The SMILES string of the molecule is [CH2]CCCCCCCC/C=C/C=C/C. The van der Waals surface area contributed by atoms with Gasteiger partial charge >= 0.3 is 0 Å². The smallest absolute Gasteiger partial charge is 0.0348 e. The molecule has 0 saturated carbocycles. The van der Waals surface area contributed by atoms with E-state index in [-0.39, 0.29) is 0 Å². The second kappa shape index (κ2) is 12.5. The molecule has 0 fully saturated rings. The summed E-state index contributed by atoms with van der Waals surface area (Å²) in [5.41, 5.74) is 0. The van der Waals surface area contributed by atoms with E-state index in [1.54, 1.807) is 0 Å². The van der Waals surface area contributed by atoms with E-state index in [0.29, 0.717) is 0 Å². The summed E-state index contributed by atoms with van der Waals surface area (Å²) in [5, 5.41) is 0. The second-order valence-corrected chi connectivity index (χ2v) is 3.72. The molecule has 0 aliphatic heterocycles. The molecule has 0 saturated heterocycles. The van der Waals surface area contributed by atoms with Crippen LogP contribution in [0.1, 0.15) is 58.3 Å². The first kappa shape index (κ1) is 13.5. The normalized spacial score (nSPS) is 11.9. The van der Waals surface area contributed by atoms with Crippen LogP contribution in [0.15, 0.2) is 24.3 Å². The summed E-state index contributed by atoms with van der Waals surface area (Å²) in [7, 11) is 0. The van der Waals surface area contributed by atoms with Crippen molar-refractivity contribution in [1.82, 2.24) is 0 Å². The van der Waals surface area contributed by atoms with E-state index in [4.69, 9.17) is 0 Å². The minimum Gasteiger partial charge on any atom is -0.0877 e. The quantitative estimate of drug-likeness (QED) is 0.354. The first-order valence-electron chi connectivity index (χ1n) is 5.99. The van der Waals surface area contributed by atoms with Crippen LogP contribution in [-0.4, -0.2) is 0 Å². The van der Waals surface area contributed by atoms with E-state index in [2.05, 4.69) is 31.2 Å². The van der Waals surface area contributed by atoms with Gasteiger partial charge in [-0.15, -0.1) is 0 Å². The Balaban J connectivity index is 2.98.